The molecule has 0 atom stereocenters. The predicted octanol–water partition coefficient (Wildman–Crippen LogP) is 5.30. The van der Waals surface area contributed by atoms with Crippen molar-refractivity contribution >= 4 is 23.1 Å². The Labute approximate surface area is 199 Å². The van der Waals surface area contributed by atoms with Crippen molar-refractivity contribution in [2.24, 2.45) is 0 Å². The first-order valence-corrected chi connectivity index (χ1v) is 10.9. The molecule has 1 aliphatic rings. The molecule has 0 saturated carbocycles. The number of aromatic nitrogens is 2. The standard InChI is InChI=1S/C25H22FN5O2.F2/c26-23-22(29-25(33-23)18-7-3-1-4-8-18)24(32)28-19-11-12-21(27-17-19)31-15-13-30(14-16-31)20-9-5-2-6-10-20;1-2/h1-12,17H,13-16H2,(H,28,32);. The molecule has 2 aromatic carbocycles. The van der Waals surface area contributed by atoms with Gasteiger partial charge < -0.3 is 19.5 Å². The van der Waals surface area contributed by atoms with Gasteiger partial charge in [0.1, 0.15) is 5.82 Å². The molecule has 10 heteroatoms. The van der Waals surface area contributed by atoms with Gasteiger partial charge in [-0.2, -0.15) is 4.39 Å². The zero-order valence-electron chi connectivity index (χ0n) is 18.6. The lowest BCUT2D eigenvalue weighted by atomic mass is 10.2. The zero-order valence-corrected chi connectivity index (χ0v) is 18.6. The lowest BCUT2D eigenvalue weighted by Gasteiger charge is -2.36. The van der Waals surface area contributed by atoms with Gasteiger partial charge in [0, 0.05) is 46.6 Å². The molecule has 0 unspecified atom stereocenters. The Morgan fingerprint density at radius 3 is 2.11 bits per heavy atom. The second-order valence-corrected chi connectivity index (χ2v) is 7.68. The third kappa shape index (κ3) is 5.60. The highest BCUT2D eigenvalue weighted by molar-refractivity contribution is 6.03. The van der Waals surface area contributed by atoms with Crippen LogP contribution in [0.15, 0.2) is 83.4 Å². The molecule has 4 aromatic rings. The van der Waals surface area contributed by atoms with Gasteiger partial charge in [-0.05, 0) is 36.4 Å². The molecule has 1 amide bonds. The number of para-hydroxylation sites is 1. The minimum atomic E-state index is -1.02. The number of anilines is 3. The maximum Gasteiger partial charge on any atom is 0.311 e. The van der Waals surface area contributed by atoms with E-state index in [4.69, 9.17) is 13.6 Å². The van der Waals surface area contributed by atoms with Crippen molar-refractivity contribution in [3.05, 3.63) is 90.7 Å². The summed E-state index contributed by atoms with van der Waals surface area (Å²) in [7, 11) is 0. The van der Waals surface area contributed by atoms with Crippen LogP contribution in [0.5, 0.6) is 0 Å². The first-order valence-electron chi connectivity index (χ1n) is 10.9. The molecule has 1 aliphatic heterocycles. The number of pyridine rings is 1. The van der Waals surface area contributed by atoms with E-state index in [0.717, 1.165) is 32.0 Å². The van der Waals surface area contributed by atoms with Crippen LogP contribution < -0.4 is 15.1 Å². The van der Waals surface area contributed by atoms with Crippen LogP contribution in [0.2, 0.25) is 0 Å². The summed E-state index contributed by atoms with van der Waals surface area (Å²) >= 11 is 0. The van der Waals surface area contributed by atoms with Crippen molar-refractivity contribution in [1.82, 2.24) is 9.97 Å². The summed E-state index contributed by atoms with van der Waals surface area (Å²) in [4.78, 5) is 25.6. The SMILES string of the molecule is FF.O=C(Nc1ccc(N2CCN(c3ccccc3)CC2)nc1)c1nc(-c2ccccc2)oc1F. The summed E-state index contributed by atoms with van der Waals surface area (Å²) in [5, 5.41) is 2.63. The smallest absolute Gasteiger partial charge is 0.311 e. The monoisotopic (exact) mass is 481 g/mol. The second kappa shape index (κ2) is 11.2. The number of halogens is 3. The Hall–Kier alpha value is -4.34. The molecule has 0 bridgehead atoms. The van der Waals surface area contributed by atoms with Gasteiger partial charge in [0.25, 0.3) is 5.91 Å². The largest absolute Gasteiger partial charge is 0.410 e. The predicted molar refractivity (Wildman–Crippen MR) is 127 cm³/mol. The molecule has 5 rings (SSSR count). The number of piperazine rings is 1. The lowest BCUT2D eigenvalue weighted by molar-refractivity contribution is 0.101. The van der Waals surface area contributed by atoms with E-state index in [-0.39, 0.29) is 5.89 Å². The second-order valence-electron chi connectivity index (χ2n) is 7.68. The number of nitrogens with one attached hydrogen (secondary N) is 1. The molecule has 1 fully saturated rings. The number of oxazole rings is 1. The molecule has 2 aromatic heterocycles. The van der Waals surface area contributed by atoms with Crippen LogP contribution in [-0.2, 0) is 0 Å². The van der Waals surface area contributed by atoms with Crippen LogP contribution in [0.1, 0.15) is 10.5 Å². The number of carbonyl (C=O) groups excluding carboxylic acids is 1. The van der Waals surface area contributed by atoms with E-state index in [0.29, 0.717) is 11.3 Å². The van der Waals surface area contributed by atoms with Crippen molar-refractivity contribution in [3.63, 3.8) is 0 Å². The topological polar surface area (TPSA) is 74.5 Å². The van der Waals surface area contributed by atoms with E-state index in [1.54, 1.807) is 36.5 Å². The van der Waals surface area contributed by atoms with Gasteiger partial charge >= 0.3 is 6.01 Å². The Morgan fingerprint density at radius 2 is 1.49 bits per heavy atom. The first-order chi connectivity index (χ1) is 17.2. The molecule has 3 heterocycles. The molecular weight excluding hydrogens is 459 g/mol. The van der Waals surface area contributed by atoms with Gasteiger partial charge in [0.05, 0.1) is 11.9 Å². The first kappa shape index (κ1) is 23.8. The Balaban J connectivity index is 0.00000141. The van der Waals surface area contributed by atoms with Gasteiger partial charge in [0.15, 0.2) is 0 Å². The molecule has 180 valence electrons. The maximum absolute atomic E-state index is 14.2. The van der Waals surface area contributed by atoms with E-state index >= 15 is 0 Å². The van der Waals surface area contributed by atoms with Gasteiger partial charge in [-0.1, -0.05) is 36.4 Å². The lowest BCUT2D eigenvalue weighted by Crippen LogP contribution is -2.46. The number of amides is 1. The fourth-order valence-electron chi connectivity index (χ4n) is 3.82. The molecule has 0 radical (unpaired) electrons. The van der Waals surface area contributed by atoms with Crippen molar-refractivity contribution in [2.75, 3.05) is 41.3 Å². The van der Waals surface area contributed by atoms with Gasteiger partial charge in [-0.25, -0.2) is 9.97 Å². The molecule has 1 saturated heterocycles. The zero-order chi connectivity index (χ0) is 24.6. The minimum absolute atomic E-state index is 0.0568. The number of hydrogen-bond donors (Lipinski definition) is 1. The highest BCUT2D eigenvalue weighted by Gasteiger charge is 2.22. The molecule has 0 spiro atoms. The average molecular weight is 481 g/mol. The van der Waals surface area contributed by atoms with Crippen LogP contribution in [0.25, 0.3) is 11.5 Å². The molecule has 7 nitrogen and oxygen atoms in total. The van der Waals surface area contributed by atoms with Crippen molar-refractivity contribution in [1.29, 1.82) is 0 Å². The third-order valence-corrected chi connectivity index (χ3v) is 5.55. The maximum atomic E-state index is 14.2. The fraction of sp³-hybridized carbons (Fsp3) is 0.160. The fourth-order valence-corrected chi connectivity index (χ4v) is 3.82. The van der Waals surface area contributed by atoms with Crippen LogP contribution in [-0.4, -0.2) is 42.1 Å². The summed E-state index contributed by atoms with van der Waals surface area (Å²) in [5.41, 5.74) is 1.87. The average Bonchev–Trinajstić information content (AvgIpc) is 3.33. The van der Waals surface area contributed by atoms with E-state index in [2.05, 4.69) is 37.2 Å². The van der Waals surface area contributed by atoms with E-state index in [9.17, 15) is 9.18 Å². The summed E-state index contributed by atoms with van der Waals surface area (Å²) in [6, 6.07) is 21.8. The van der Waals surface area contributed by atoms with E-state index in [1.807, 2.05) is 30.3 Å². The summed E-state index contributed by atoms with van der Waals surface area (Å²) in [6.45, 7) is 3.50. The molecule has 35 heavy (non-hydrogen) atoms. The summed E-state index contributed by atoms with van der Waals surface area (Å²) in [6.07, 6.45) is 1.56. The Kier molecular flexibility index (Phi) is 7.61. The third-order valence-electron chi connectivity index (χ3n) is 5.55. The molecular formula is C25H22F3N5O2. The normalized spacial score (nSPS) is 13.1. The number of rotatable bonds is 5. The number of nitrogens with zero attached hydrogens (tertiary/aromatic N) is 4. The number of hydrogen-bond acceptors (Lipinski definition) is 6. The number of carbonyl (C=O) groups is 1. The van der Waals surface area contributed by atoms with Crippen LogP contribution in [0, 0.1) is 6.01 Å². The van der Waals surface area contributed by atoms with Crippen molar-refractivity contribution < 1.29 is 22.8 Å². The van der Waals surface area contributed by atoms with Crippen LogP contribution in [0.4, 0.5) is 30.7 Å². The summed E-state index contributed by atoms with van der Waals surface area (Å²) in [5.74, 6) is 0.200. The van der Waals surface area contributed by atoms with E-state index in [1.165, 1.54) is 5.69 Å². The van der Waals surface area contributed by atoms with Crippen molar-refractivity contribution in [2.45, 2.75) is 0 Å². The Morgan fingerprint density at radius 1 is 0.857 bits per heavy atom. The van der Waals surface area contributed by atoms with Crippen molar-refractivity contribution in [3.8, 4) is 11.5 Å². The molecule has 1 N–H and O–H groups in total. The van der Waals surface area contributed by atoms with E-state index < -0.39 is 17.6 Å². The summed E-state index contributed by atoms with van der Waals surface area (Å²) < 4.78 is 35.2. The van der Waals surface area contributed by atoms with Gasteiger partial charge in [0.2, 0.25) is 11.6 Å². The molecule has 0 aliphatic carbocycles. The van der Waals surface area contributed by atoms with Crippen LogP contribution >= 0.6 is 0 Å². The number of benzene rings is 2. The minimum Gasteiger partial charge on any atom is -0.410 e. The van der Waals surface area contributed by atoms with Gasteiger partial charge in [-0.15, -0.1) is 0 Å². The Bertz CT molecular complexity index is 1230. The van der Waals surface area contributed by atoms with Crippen LogP contribution in [0.3, 0.4) is 0 Å². The highest BCUT2D eigenvalue weighted by atomic mass is 20.0. The van der Waals surface area contributed by atoms with Gasteiger partial charge in [-0.3, -0.25) is 4.79 Å². The highest BCUT2D eigenvalue weighted by Crippen LogP contribution is 2.23. The quantitative estimate of drug-likeness (QED) is 0.417.